The fourth-order valence-electron chi connectivity index (χ4n) is 1.45. The Balaban J connectivity index is 2.20. The monoisotopic (exact) mass is 278 g/mol. The van der Waals surface area contributed by atoms with Crippen LogP contribution < -0.4 is 10.9 Å². The van der Waals surface area contributed by atoms with Crippen molar-refractivity contribution in [2.75, 3.05) is 5.32 Å². The number of carbonyl (C=O) groups is 2. The fourth-order valence-corrected chi connectivity index (χ4v) is 2.19. The Morgan fingerprint density at radius 1 is 1.26 bits per heavy atom. The Morgan fingerprint density at radius 3 is 2.58 bits per heavy atom. The highest BCUT2D eigenvalue weighted by Gasteiger charge is 2.13. The number of thiophene rings is 1. The standard InChI is InChI=1S/C12H10N2O4S/c1-6-2-3-7(10(15)13-6)11(16)14-9-5-4-8(19-9)12(17)18/h2-5H,1H3,(H,13,15)(H,14,16)(H,17,18). The van der Waals surface area contributed by atoms with Crippen molar-refractivity contribution in [2.24, 2.45) is 0 Å². The van der Waals surface area contributed by atoms with Gasteiger partial charge in [-0.25, -0.2) is 4.79 Å². The molecule has 0 spiro atoms. The van der Waals surface area contributed by atoms with Gasteiger partial charge in [-0.2, -0.15) is 0 Å². The zero-order valence-corrected chi connectivity index (χ0v) is 10.7. The summed E-state index contributed by atoms with van der Waals surface area (Å²) in [5.74, 6) is -1.63. The molecule has 6 nitrogen and oxygen atoms in total. The first-order valence-corrected chi connectivity index (χ1v) is 6.13. The smallest absolute Gasteiger partial charge is 0.345 e. The van der Waals surface area contributed by atoms with E-state index >= 15 is 0 Å². The molecule has 98 valence electrons. The number of carboxylic acid groups (broad SMARTS) is 1. The number of anilines is 1. The van der Waals surface area contributed by atoms with Crippen LogP contribution in [0.4, 0.5) is 5.00 Å². The minimum Gasteiger partial charge on any atom is -0.477 e. The second-order valence-electron chi connectivity index (χ2n) is 3.81. The van der Waals surface area contributed by atoms with Crippen LogP contribution >= 0.6 is 11.3 Å². The Bertz CT molecular complexity index is 702. The number of H-pyrrole nitrogens is 1. The van der Waals surface area contributed by atoms with Gasteiger partial charge in [-0.3, -0.25) is 9.59 Å². The molecule has 2 heterocycles. The average Bonchev–Trinajstić information content (AvgIpc) is 2.77. The zero-order chi connectivity index (χ0) is 14.0. The van der Waals surface area contributed by atoms with Crippen molar-refractivity contribution in [3.63, 3.8) is 0 Å². The van der Waals surface area contributed by atoms with Gasteiger partial charge in [0.25, 0.3) is 11.5 Å². The summed E-state index contributed by atoms with van der Waals surface area (Å²) in [7, 11) is 0. The maximum Gasteiger partial charge on any atom is 0.345 e. The number of aromatic amines is 1. The first-order valence-electron chi connectivity index (χ1n) is 5.32. The van der Waals surface area contributed by atoms with Crippen molar-refractivity contribution < 1.29 is 14.7 Å². The van der Waals surface area contributed by atoms with Crippen LogP contribution in [0.5, 0.6) is 0 Å². The number of rotatable bonds is 3. The molecule has 0 aromatic carbocycles. The number of aromatic nitrogens is 1. The molecule has 0 fully saturated rings. The lowest BCUT2D eigenvalue weighted by molar-refractivity contribution is 0.0702. The topological polar surface area (TPSA) is 99.3 Å². The first-order chi connectivity index (χ1) is 8.97. The van der Waals surface area contributed by atoms with Crippen LogP contribution in [-0.2, 0) is 0 Å². The summed E-state index contributed by atoms with van der Waals surface area (Å²) in [6.07, 6.45) is 0. The van der Waals surface area contributed by atoms with E-state index in [9.17, 15) is 14.4 Å². The van der Waals surface area contributed by atoms with Crippen molar-refractivity contribution in [1.82, 2.24) is 4.98 Å². The Morgan fingerprint density at radius 2 is 2.00 bits per heavy atom. The number of aromatic carboxylic acids is 1. The zero-order valence-electron chi connectivity index (χ0n) is 9.89. The van der Waals surface area contributed by atoms with Crippen molar-refractivity contribution in [3.05, 3.63) is 50.8 Å². The fraction of sp³-hybridized carbons (Fsp3) is 0.0833. The predicted molar refractivity (Wildman–Crippen MR) is 71.0 cm³/mol. The molecule has 0 unspecified atom stereocenters. The van der Waals surface area contributed by atoms with Crippen LogP contribution in [0.1, 0.15) is 25.7 Å². The second kappa shape index (κ2) is 5.07. The van der Waals surface area contributed by atoms with Crippen LogP contribution in [0.25, 0.3) is 0 Å². The highest BCUT2D eigenvalue weighted by Crippen LogP contribution is 2.22. The molecule has 0 saturated carbocycles. The quantitative estimate of drug-likeness (QED) is 0.795. The molecule has 0 radical (unpaired) electrons. The van der Waals surface area contributed by atoms with Crippen molar-refractivity contribution in [1.29, 1.82) is 0 Å². The minimum atomic E-state index is -1.06. The van der Waals surface area contributed by atoms with E-state index in [0.29, 0.717) is 10.7 Å². The van der Waals surface area contributed by atoms with Crippen molar-refractivity contribution in [2.45, 2.75) is 6.92 Å². The normalized spacial score (nSPS) is 10.2. The first kappa shape index (κ1) is 13.0. The lowest BCUT2D eigenvalue weighted by Crippen LogP contribution is -2.22. The Kier molecular flexibility index (Phi) is 3.48. The van der Waals surface area contributed by atoms with E-state index in [-0.39, 0.29) is 10.4 Å². The maximum atomic E-state index is 11.9. The summed E-state index contributed by atoms with van der Waals surface area (Å²) < 4.78 is 0. The Hall–Kier alpha value is -2.41. The summed E-state index contributed by atoms with van der Waals surface area (Å²) in [5, 5.41) is 11.6. The van der Waals surface area contributed by atoms with E-state index in [1.807, 2.05) is 0 Å². The van der Waals surface area contributed by atoms with E-state index < -0.39 is 17.4 Å². The summed E-state index contributed by atoms with van der Waals surface area (Å²) in [6, 6.07) is 5.92. The molecule has 2 rings (SSSR count). The molecule has 0 saturated heterocycles. The van der Waals surface area contributed by atoms with Gasteiger partial charge in [0.15, 0.2) is 0 Å². The maximum absolute atomic E-state index is 11.9. The second-order valence-corrected chi connectivity index (χ2v) is 4.89. The number of pyridine rings is 1. The highest BCUT2D eigenvalue weighted by atomic mass is 32.1. The number of amides is 1. The van der Waals surface area contributed by atoms with E-state index in [1.54, 1.807) is 13.0 Å². The van der Waals surface area contributed by atoms with Gasteiger partial charge in [-0.15, -0.1) is 11.3 Å². The van der Waals surface area contributed by atoms with Gasteiger partial charge in [0.1, 0.15) is 10.4 Å². The number of aryl methyl sites for hydroxylation is 1. The molecule has 0 bridgehead atoms. The largest absolute Gasteiger partial charge is 0.477 e. The van der Waals surface area contributed by atoms with E-state index in [2.05, 4.69) is 10.3 Å². The van der Waals surface area contributed by atoms with Crippen molar-refractivity contribution >= 4 is 28.2 Å². The molecule has 1 amide bonds. The molecule has 2 aromatic heterocycles. The molecule has 3 N–H and O–H groups in total. The average molecular weight is 278 g/mol. The van der Waals surface area contributed by atoms with Gasteiger partial charge in [-0.05, 0) is 31.2 Å². The molecule has 0 aliphatic carbocycles. The predicted octanol–water partition coefficient (Wildman–Crippen LogP) is 1.70. The van der Waals surface area contributed by atoms with Gasteiger partial charge in [0.05, 0.1) is 5.00 Å². The van der Waals surface area contributed by atoms with Crippen LogP contribution in [-0.4, -0.2) is 22.0 Å². The van der Waals surface area contributed by atoms with Crippen LogP contribution in [0, 0.1) is 6.92 Å². The van der Waals surface area contributed by atoms with Crippen LogP contribution in [0.2, 0.25) is 0 Å². The summed E-state index contributed by atoms with van der Waals surface area (Å²) in [5.41, 5.74) is 0.161. The Labute approximate surface area is 111 Å². The lowest BCUT2D eigenvalue weighted by atomic mass is 10.2. The number of carboxylic acids is 1. The highest BCUT2D eigenvalue weighted by molar-refractivity contribution is 7.18. The van der Waals surface area contributed by atoms with E-state index in [0.717, 1.165) is 11.3 Å². The minimum absolute atomic E-state index is 0.0177. The molecule has 2 aromatic rings. The van der Waals surface area contributed by atoms with Crippen LogP contribution in [0.3, 0.4) is 0 Å². The molecule has 0 aliphatic rings. The summed E-state index contributed by atoms with van der Waals surface area (Å²) >= 11 is 0.929. The molecular formula is C12H10N2O4S. The van der Waals surface area contributed by atoms with Gasteiger partial charge >= 0.3 is 5.97 Å². The lowest BCUT2D eigenvalue weighted by Gasteiger charge is -2.01. The third-order valence-corrected chi connectivity index (χ3v) is 3.34. The number of carbonyl (C=O) groups excluding carboxylic acids is 1. The van der Waals surface area contributed by atoms with Gasteiger partial charge in [-0.1, -0.05) is 0 Å². The summed E-state index contributed by atoms with van der Waals surface area (Å²) in [6.45, 7) is 1.71. The summed E-state index contributed by atoms with van der Waals surface area (Å²) in [4.78, 5) is 36.8. The number of hydrogen-bond acceptors (Lipinski definition) is 4. The SMILES string of the molecule is Cc1ccc(C(=O)Nc2ccc(C(=O)O)s2)c(=O)[nH]1. The third kappa shape index (κ3) is 2.89. The van der Waals surface area contributed by atoms with Crippen molar-refractivity contribution in [3.8, 4) is 0 Å². The van der Waals surface area contributed by atoms with E-state index in [4.69, 9.17) is 5.11 Å². The number of hydrogen-bond donors (Lipinski definition) is 3. The molecular weight excluding hydrogens is 268 g/mol. The molecule has 7 heteroatoms. The molecule has 0 atom stereocenters. The molecule has 19 heavy (non-hydrogen) atoms. The van der Waals surface area contributed by atoms with Gasteiger partial charge in [0.2, 0.25) is 0 Å². The third-order valence-electron chi connectivity index (χ3n) is 2.35. The van der Waals surface area contributed by atoms with Crippen LogP contribution in [0.15, 0.2) is 29.1 Å². The number of nitrogens with one attached hydrogen (secondary N) is 2. The van der Waals surface area contributed by atoms with Gasteiger partial charge < -0.3 is 15.4 Å². The van der Waals surface area contributed by atoms with Gasteiger partial charge in [0, 0.05) is 5.69 Å². The van der Waals surface area contributed by atoms with E-state index in [1.165, 1.54) is 18.2 Å². The molecule has 0 aliphatic heterocycles.